The molecule has 28 atom stereocenters. The monoisotopic (exact) mass is 1850 g/mol. The average Bonchev–Trinajstić information content (AvgIpc) is 1.45. The smallest absolute Gasteiger partial charge is 0.266 e. The summed E-state index contributed by atoms with van der Waals surface area (Å²) in [5, 5.41) is 42.7. The first-order chi connectivity index (χ1) is 61.5. The van der Waals surface area contributed by atoms with E-state index in [2.05, 4.69) is 73.2 Å². The second-order valence-corrected chi connectivity index (χ2v) is 37.0. The third-order valence-corrected chi connectivity index (χ3v) is 28.4. The molecule has 16 rings (SSSR count). The van der Waals surface area contributed by atoms with Crippen LogP contribution in [0, 0.1) is 47.3 Å². The topological polar surface area (TPSA) is 283 Å². The molecule has 0 amide bonds. The fourth-order valence-electron chi connectivity index (χ4n) is 19.4. The third kappa shape index (κ3) is 24.3. The van der Waals surface area contributed by atoms with Crippen LogP contribution < -0.4 is 10.6 Å². The van der Waals surface area contributed by atoms with Gasteiger partial charge in [-0.15, -0.1) is 6.58 Å². The number of β-amino-alcohol motifs (C(OH)–C–C–N with tert-alkyl or cyclic N) is 2. The minimum absolute atomic E-state index is 0.0886. The molecular weight excluding hydrogens is 1710 g/mol. The Morgan fingerprint density at radius 3 is 1.02 bits per heavy atom. The van der Waals surface area contributed by atoms with E-state index in [1.807, 2.05) is 105 Å². The number of nitrogens with one attached hydrogen (secondary N) is 2. The molecule has 4 aromatic carbocycles. The molecule has 730 valence electrons. The Morgan fingerprint density at radius 2 is 0.692 bits per heavy atom. The van der Waals surface area contributed by atoms with E-state index in [4.69, 9.17) is 80.9 Å². The Bertz CT molecular complexity index is 4100. The van der Waals surface area contributed by atoms with Crippen LogP contribution in [0.2, 0.25) is 0 Å². The summed E-state index contributed by atoms with van der Waals surface area (Å²) in [5.41, 5.74) is 4.76. The maximum Gasteiger partial charge on any atom is 0.266 e. The fraction of sp³-hybridized carbons (Fsp3) is 0.695. The molecule has 10 saturated heterocycles. The maximum absolute atomic E-state index is 14.0. The molecule has 27 nitrogen and oxygen atoms in total. The summed E-state index contributed by atoms with van der Waals surface area (Å²) in [7, 11) is 12.4. The molecule has 12 fully saturated rings. The summed E-state index contributed by atoms with van der Waals surface area (Å²) in [6, 6.07) is 40.6. The van der Waals surface area contributed by atoms with E-state index in [0.717, 1.165) is 49.7 Å². The van der Waals surface area contributed by atoms with Crippen LogP contribution in [-0.4, -0.2) is 320 Å². The first-order valence-corrected chi connectivity index (χ1v) is 44.7. The van der Waals surface area contributed by atoms with E-state index in [0.29, 0.717) is 65.4 Å². The number of aliphatic hydroxyl groups excluding tert-OH is 4. The molecule has 2 aliphatic carbocycles. The van der Waals surface area contributed by atoms with Crippen LogP contribution in [0.5, 0.6) is 0 Å². The normalized spacial score (nSPS) is 40.2. The lowest BCUT2D eigenvalue weighted by molar-refractivity contribution is -0.457. The number of fused-ring (bicyclic) bond motifs is 4. The van der Waals surface area contributed by atoms with Crippen molar-refractivity contribution >= 4 is 6.29 Å². The molecule has 35 heteroatoms. The Hall–Kier alpha value is -5.57. The van der Waals surface area contributed by atoms with Gasteiger partial charge in [-0.25, -0.2) is 26.3 Å². The molecule has 2 saturated carbocycles. The van der Waals surface area contributed by atoms with Crippen LogP contribution in [0.25, 0.3) is 0 Å². The van der Waals surface area contributed by atoms with Gasteiger partial charge >= 0.3 is 0 Å². The van der Waals surface area contributed by atoms with Crippen molar-refractivity contribution in [1.29, 1.82) is 0 Å². The second kappa shape index (κ2) is 44.3. The highest BCUT2D eigenvalue weighted by Gasteiger charge is 2.69. The zero-order valence-electron chi connectivity index (χ0n) is 77.6. The SMILES string of the molecule is C=C[C@H]1CN(Cc2ccccc2)C[C@H]2O[C@](C)(OC)[C@@](C)(OC)O[C@H]12.CO[C@@]1(C)O[C@@H]2[C@@H](C3CC3(F)F)CN(Cc3ccccc3)C[C@H]2O[C@]1(C)OC.CO[C@@]1(C)O[C@@H]2[C@@H](C=C(F)F)CN(Cc3ccccc3)C[C@H]2O[C@]1(C)OC.CO[C@@]1(C)O[C@@H]2[C@@H](C=O)CN(Cc3ccccc3)C[C@H]2O[C@]1(C)OC.O[C@@H]1[C@@H](CC(F)F)CNC[C@H]1O.O[C@H]1[C@H](O)CNC[C@@H]1C1CC1(F)F. The summed E-state index contributed by atoms with van der Waals surface area (Å²) in [4.78, 5) is 20.6. The number of likely N-dealkylation sites (tertiary alicyclic amines) is 4. The zero-order chi connectivity index (χ0) is 94.7. The van der Waals surface area contributed by atoms with Crippen molar-refractivity contribution in [3.63, 3.8) is 0 Å². The zero-order valence-corrected chi connectivity index (χ0v) is 77.6. The average molecular weight is 1850 g/mol. The van der Waals surface area contributed by atoms with E-state index in [-0.39, 0.29) is 80.6 Å². The van der Waals surface area contributed by atoms with E-state index in [1.165, 1.54) is 39.6 Å². The van der Waals surface area contributed by atoms with E-state index < -0.39 is 143 Å². The highest BCUT2D eigenvalue weighted by atomic mass is 19.3. The van der Waals surface area contributed by atoms with E-state index in [9.17, 15) is 55.2 Å². The number of rotatable bonds is 23. The maximum atomic E-state index is 14.0. The molecule has 12 aliphatic rings. The molecular formula is C95H138F8N6O21. The Kier molecular flexibility index (Phi) is 35.7. The molecule has 0 bridgehead atoms. The van der Waals surface area contributed by atoms with Gasteiger partial charge in [0.15, 0.2) is 0 Å². The van der Waals surface area contributed by atoms with Gasteiger partial charge in [-0.2, -0.15) is 8.78 Å². The number of aldehydes is 1. The Balaban J connectivity index is 0.000000154. The largest absolute Gasteiger partial charge is 0.390 e. The number of benzene rings is 4. The van der Waals surface area contributed by atoms with Gasteiger partial charge in [0.1, 0.15) is 30.7 Å². The highest BCUT2D eigenvalue weighted by Crippen LogP contribution is 2.58. The van der Waals surface area contributed by atoms with Gasteiger partial charge in [0.05, 0.1) is 54.7 Å². The van der Waals surface area contributed by atoms with Gasteiger partial charge < -0.3 is 112 Å². The van der Waals surface area contributed by atoms with Crippen molar-refractivity contribution in [2.75, 3.05) is 135 Å². The van der Waals surface area contributed by atoms with E-state index >= 15 is 0 Å². The molecule has 4 aromatic rings. The number of carbonyl (C=O) groups excluding carboxylic acids is 1. The molecule has 0 spiro atoms. The summed E-state index contributed by atoms with van der Waals surface area (Å²) >= 11 is 0. The predicted octanol–water partition coefficient (Wildman–Crippen LogP) is 10.5. The van der Waals surface area contributed by atoms with Gasteiger partial charge in [0.2, 0.25) is 52.7 Å². The van der Waals surface area contributed by atoms with Crippen molar-refractivity contribution in [2.24, 2.45) is 47.3 Å². The fourth-order valence-corrected chi connectivity index (χ4v) is 19.4. The third-order valence-electron chi connectivity index (χ3n) is 28.4. The Labute approximate surface area is 759 Å². The number of carbonyl (C=O) groups is 1. The first kappa shape index (κ1) is 105. The molecule has 10 aliphatic heterocycles. The summed E-state index contributed by atoms with van der Waals surface area (Å²) in [6.45, 7) is 27.6. The van der Waals surface area contributed by atoms with Crippen LogP contribution in [-0.2, 0) is 107 Å². The molecule has 6 N–H and O–H groups in total. The van der Waals surface area contributed by atoms with Crippen LogP contribution in [0.1, 0.15) is 96.9 Å². The lowest BCUT2D eigenvalue weighted by Gasteiger charge is -2.56. The quantitative estimate of drug-likeness (QED) is 0.0229. The summed E-state index contributed by atoms with van der Waals surface area (Å²) in [6.07, 6.45) is -7.30. The standard InChI is InChI=1S/C21H29F2NO4.C20H27F2NO4.C20H29NO4.C19H27NO5.C8H13F2NO2.C7H13F2NO2/c1-19(25-3)20(2,26-4)28-18-15(16-10-21(16,22)23)12-24(13-17(18)27-19)11-14-8-6-5-7-9-14;1-19(24-3)20(2,25-4)27-18-15(10-17(21)22)12-23(13-16(18)26-19)11-14-8-6-5-7-9-14;1-6-16-13-21(12-15-10-8-7-9-11-15)14-17-18(16)25-20(3,23-5)19(2,22-4)24-17;1-18(22-3)19(2,23-4)25-17-15(13-21)11-20(12-16(17)24-18)10-14-8-6-5-7-9-14;9-8(10)1-5(8)4-2-11-3-6(12)7(4)13;8-6(9)1-4-2-10-3-5(11)7(4)12/h5-9,15-18H,10-13H2,1-4H3;5-10,15-16,18H,11-13H2,1-4H3;6-11,16-18H,1,12-14H2,2-5H3;5-9,13,15-17H,10-12H2,1-4H3;4-7,11-13H,1-3H2;4-7,10-12H,1-3H2/t15-,16?,17-,18-,19+,20+;15-,16+,18+,19-,20-;16-,17+,18+,19-,20-;15-,16-,17-,18+,19+;4-,5?,6-,7-;4-,5+,7+/m100110/s1. The molecule has 130 heavy (non-hydrogen) atoms. The number of alkyl halides is 6. The van der Waals surface area contributed by atoms with Crippen LogP contribution in [0.15, 0.2) is 146 Å². The van der Waals surface area contributed by atoms with Gasteiger partial charge in [-0.05, 0) is 83.7 Å². The molecule has 0 radical (unpaired) electrons. The number of hydrogen-bond acceptors (Lipinski definition) is 27. The van der Waals surface area contributed by atoms with Crippen molar-refractivity contribution in [3.05, 3.63) is 168 Å². The number of piperidine rings is 6. The van der Waals surface area contributed by atoms with Crippen LogP contribution >= 0.6 is 0 Å². The van der Waals surface area contributed by atoms with Crippen LogP contribution in [0.3, 0.4) is 0 Å². The summed E-state index contributed by atoms with van der Waals surface area (Å²) in [5.74, 6) is -17.4. The van der Waals surface area contributed by atoms with Gasteiger partial charge in [0.25, 0.3) is 17.9 Å². The van der Waals surface area contributed by atoms with Gasteiger partial charge in [-0.1, -0.05) is 127 Å². The van der Waals surface area contributed by atoms with Crippen LogP contribution in [0.4, 0.5) is 35.1 Å². The molecule has 2 unspecified atom stereocenters. The summed E-state index contributed by atoms with van der Waals surface area (Å²) < 4.78 is 198. The molecule has 0 aromatic heterocycles. The number of ether oxygens (including phenoxy) is 16. The van der Waals surface area contributed by atoms with E-state index in [1.54, 1.807) is 70.0 Å². The van der Waals surface area contributed by atoms with Gasteiger partial charge in [-0.3, -0.25) is 19.6 Å². The predicted molar refractivity (Wildman–Crippen MR) is 463 cm³/mol. The lowest BCUT2D eigenvalue weighted by Crippen LogP contribution is -2.70. The first-order valence-electron chi connectivity index (χ1n) is 44.7. The van der Waals surface area contributed by atoms with Crippen molar-refractivity contribution in [1.82, 2.24) is 30.2 Å². The Morgan fingerprint density at radius 1 is 0.408 bits per heavy atom. The second-order valence-electron chi connectivity index (χ2n) is 37.0. The minimum Gasteiger partial charge on any atom is -0.390 e. The van der Waals surface area contributed by atoms with Crippen molar-refractivity contribution < 1.29 is 136 Å². The lowest BCUT2D eigenvalue weighted by atomic mass is 9.85. The van der Waals surface area contributed by atoms with Crippen molar-refractivity contribution in [2.45, 2.75) is 239 Å². The number of hydrogen-bond donors (Lipinski definition) is 6. The van der Waals surface area contributed by atoms with Gasteiger partial charge in [0, 0.05) is 222 Å². The highest BCUT2D eigenvalue weighted by molar-refractivity contribution is 5.55. The number of halogens is 8. The number of methoxy groups -OCH3 is 8. The molecule has 10 heterocycles. The minimum atomic E-state index is -2.63. The van der Waals surface area contributed by atoms with Crippen molar-refractivity contribution in [3.8, 4) is 0 Å². The number of aliphatic hydroxyl groups is 4. The number of nitrogens with zero attached hydrogens (tertiary/aromatic N) is 4.